The molecule has 100 valence electrons. The van der Waals surface area contributed by atoms with Crippen LogP contribution in [0.3, 0.4) is 0 Å². The Morgan fingerprint density at radius 2 is 2.39 bits per heavy atom. The van der Waals surface area contributed by atoms with Crippen molar-refractivity contribution in [1.82, 2.24) is 9.97 Å². The van der Waals surface area contributed by atoms with Crippen LogP contribution in [0, 0.1) is 0 Å². The number of thioether (sulfide) groups is 1. The second-order valence-corrected chi connectivity index (χ2v) is 5.11. The maximum atomic E-state index is 6.01. The number of nitrogens with zero attached hydrogens (tertiary/aromatic N) is 3. The van der Waals surface area contributed by atoms with Gasteiger partial charge in [0, 0.05) is 25.2 Å². The highest BCUT2D eigenvalue weighted by Crippen LogP contribution is 2.24. The van der Waals surface area contributed by atoms with Gasteiger partial charge < -0.3 is 15.4 Å². The average molecular weight is 268 g/mol. The quantitative estimate of drug-likeness (QED) is 0.660. The summed E-state index contributed by atoms with van der Waals surface area (Å²) >= 11 is 1.53. The molecule has 1 saturated heterocycles. The van der Waals surface area contributed by atoms with Gasteiger partial charge in [0.05, 0.1) is 6.61 Å². The van der Waals surface area contributed by atoms with Crippen molar-refractivity contribution in [3.8, 4) is 5.88 Å². The lowest BCUT2D eigenvalue weighted by atomic mass is 10.1. The fraction of sp³-hybridized carbons (Fsp3) is 0.667. The molecular weight excluding hydrogens is 248 g/mol. The Morgan fingerprint density at radius 1 is 1.56 bits per heavy atom. The summed E-state index contributed by atoms with van der Waals surface area (Å²) in [6, 6.07) is 2.14. The van der Waals surface area contributed by atoms with Gasteiger partial charge in [0.1, 0.15) is 5.82 Å². The molecule has 0 aromatic carbocycles. The molecule has 0 spiro atoms. The van der Waals surface area contributed by atoms with E-state index in [0.717, 1.165) is 36.9 Å². The summed E-state index contributed by atoms with van der Waals surface area (Å²) < 4.78 is 5.48. The first kappa shape index (κ1) is 13.4. The van der Waals surface area contributed by atoms with Crippen LogP contribution in [-0.2, 0) is 0 Å². The van der Waals surface area contributed by atoms with E-state index in [1.54, 1.807) is 0 Å². The van der Waals surface area contributed by atoms with Gasteiger partial charge in [-0.1, -0.05) is 11.8 Å². The second-order valence-electron chi connectivity index (χ2n) is 4.33. The average Bonchev–Trinajstić information content (AvgIpc) is 2.39. The highest BCUT2D eigenvalue weighted by molar-refractivity contribution is 7.98. The Kier molecular flexibility index (Phi) is 4.66. The van der Waals surface area contributed by atoms with E-state index < -0.39 is 0 Å². The molecule has 6 heteroatoms. The van der Waals surface area contributed by atoms with Crippen LogP contribution in [-0.4, -0.2) is 42.0 Å². The topological polar surface area (TPSA) is 64.3 Å². The summed E-state index contributed by atoms with van der Waals surface area (Å²) in [5.41, 5.74) is 6.01. The summed E-state index contributed by atoms with van der Waals surface area (Å²) in [4.78, 5) is 11.1. The molecule has 5 nitrogen and oxygen atoms in total. The van der Waals surface area contributed by atoms with Crippen LogP contribution in [0.15, 0.2) is 11.2 Å². The van der Waals surface area contributed by atoms with Gasteiger partial charge in [0.2, 0.25) is 5.88 Å². The molecule has 1 fully saturated rings. The van der Waals surface area contributed by atoms with Gasteiger partial charge in [0.25, 0.3) is 0 Å². The molecule has 1 aliphatic rings. The second kappa shape index (κ2) is 6.24. The van der Waals surface area contributed by atoms with Crippen LogP contribution in [0.5, 0.6) is 5.88 Å². The Balaban J connectivity index is 2.22. The highest BCUT2D eigenvalue weighted by atomic mass is 32.2. The maximum absolute atomic E-state index is 6.01. The van der Waals surface area contributed by atoms with Gasteiger partial charge in [-0.25, -0.2) is 4.98 Å². The van der Waals surface area contributed by atoms with Crippen molar-refractivity contribution in [2.45, 2.75) is 31.0 Å². The summed E-state index contributed by atoms with van der Waals surface area (Å²) in [7, 11) is 0. The monoisotopic (exact) mass is 268 g/mol. The molecule has 1 atom stereocenters. The van der Waals surface area contributed by atoms with E-state index in [2.05, 4.69) is 14.9 Å². The third kappa shape index (κ3) is 3.26. The third-order valence-corrected chi connectivity index (χ3v) is 3.47. The fourth-order valence-corrected chi connectivity index (χ4v) is 2.45. The number of piperidine rings is 1. The van der Waals surface area contributed by atoms with E-state index in [1.807, 2.05) is 19.2 Å². The van der Waals surface area contributed by atoms with Crippen LogP contribution in [0.2, 0.25) is 0 Å². The molecule has 0 saturated carbocycles. The van der Waals surface area contributed by atoms with Crippen LogP contribution in [0.25, 0.3) is 0 Å². The lowest BCUT2D eigenvalue weighted by Crippen LogP contribution is -2.43. The first-order valence-corrected chi connectivity index (χ1v) is 7.51. The highest BCUT2D eigenvalue weighted by Gasteiger charge is 2.19. The van der Waals surface area contributed by atoms with Crippen LogP contribution in [0.4, 0.5) is 5.82 Å². The van der Waals surface area contributed by atoms with Gasteiger partial charge in [0.15, 0.2) is 5.16 Å². The first-order valence-electron chi connectivity index (χ1n) is 6.29. The van der Waals surface area contributed by atoms with E-state index in [9.17, 15) is 0 Å². The first-order chi connectivity index (χ1) is 8.72. The van der Waals surface area contributed by atoms with E-state index in [4.69, 9.17) is 10.5 Å². The van der Waals surface area contributed by atoms with Crippen molar-refractivity contribution < 1.29 is 4.74 Å². The fourth-order valence-electron chi connectivity index (χ4n) is 2.09. The molecule has 1 aromatic rings. The molecular formula is C12H20N4OS. The summed E-state index contributed by atoms with van der Waals surface area (Å²) in [6.45, 7) is 4.43. The van der Waals surface area contributed by atoms with Crippen molar-refractivity contribution in [1.29, 1.82) is 0 Å². The SMILES string of the molecule is CCOc1cc(N2CCC[C@@H](N)C2)nc(SC)n1. The lowest BCUT2D eigenvalue weighted by Gasteiger charge is -2.31. The molecule has 0 unspecified atom stereocenters. The molecule has 0 amide bonds. The molecule has 2 heterocycles. The zero-order valence-electron chi connectivity index (χ0n) is 10.9. The molecule has 0 radical (unpaired) electrons. The predicted molar refractivity (Wildman–Crippen MR) is 74.4 cm³/mol. The largest absolute Gasteiger partial charge is 0.478 e. The van der Waals surface area contributed by atoms with Gasteiger partial charge in [-0.2, -0.15) is 4.98 Å². The van der Waals surface area contributed by atoms with Crippen LogP contribution < -0.4 is 15.4 Å². The van der Waals surface area contributed by atoms with Crippen molar-refractivity contribution in [2.24, 2.45) is 5.73 Å². The zero-order valence-corrected chi connectivity index (χ0v) is 11.7. The Hall–Kier alpha value is -1.01. The standard InChI is InChI=1S/C12H20N4OS/c1-3-17-11-7-10(14-12(15-11)18-2)16-6-4-5-9(13)8-16/h7,9H,3-6,8,13H2,1-2H3/t9-/m1/s1. The van der Waals surface area contributed by atoms with Crippen molar-refractivity contribution in [2.75, 3.05) is 30.9 Å². The van der Waals surface area contributed by atoms with Gasteiger partial charge in [-0.05, 0) is 26.0 Å². The minimum atomic E-state index is 0.238. The number of hydrogen-bond donors (Lipinski definition) is 1. The number of nitrogens with two attached hydrogens (primary N) is 1. The van der Waals surface area contributed by atoms with E-state index in [1.165, 1.54) is 11.8 Å². The summed E-state index contributed by atoms with van der Waals surface area (Å²) in [6.07, 6.45) is 4.18. The van der Waals surface area contributed by atoms with E-state index >= 15 is 0 Å². The number of hydrogen-bond acceptors (Lipinski definition) is 6. The number of rotatable bonds is 4. The minimum Gasteiger partial charge on any atom is -0.478 e. The maximum Gasteiger partial charge on any atom is 0.219 e. The summed E-state index contributed by atoms with van der Waals surface area (Å²) in [5.74, 6) is 1.57. The predicted octanol–water partition coefficient (Wildman–Crippen LogP) is 1.52. The zero-order chi connectivity index (χ0) is 13.0. The Morgan fingerprint density at radius 3 is 3.06 bits per heavy atom. The normalized spacial score (nSPS) is 19.9. The number of ether oxygens (including phenoxy) is 1. The van der Waals surface area contributed by atoms with Crippen molar-refractivity contribution >= 4 is 17.6 Å². The van der Waals surface area contributed by atoms with Crippen LogP contribution >= 0.6 is 11.8 Å². The Labute approximate surface area is 112 Å². The molecule has 0 aliphatic carbocycles. The molecule has 1 aliphatic heterocycles. The molecule has 0 bridgehead atoms. The Bertz CT molecular complexity index is 402. The lowest BCUT2D eigenvalue weighted by molar-refractivity contribution is 0.323. The smallest absolute Gasteiger partial charge is 0.219 e. The van der Waals surface area contributed by atoms with Crippen molar-refractivity contribution in [3.05, 3.63) is 6.07 Å². The number of aromatic nitrogens is 2. The molecule has 2 N–H and O–H groups in total. The molecule has 2 rings (SSSR count). The van der Waals surface area contributed by atoms with Gasteiger partial charge >= 0.3 is 0 Å². The van der Waals surface area contributed by atoms with E-state index in [-0.39, 0.29) is 6.04 Å². The van der Waals surface area contributed by atoms with Crippen molar-refractivity contribution in [3.63, 3.8) is 0 Å². The van der Waals surface area contributed by atoms with E-state index in [0.29, 0.717) is 12.5 Å². The summed E-state index contributed by atoms with van der Waals surface area (Å²) in [5, 5.41) is 0.745. The third-order valence-electron chi connectivity index (χ3n) is 2.93. The molecule has 18 heavy (non-hydrogen) atoms. The van der Waals surface area contributed by atoms with Gasteiger partial charge in [-0.15, -0.1) is 0 Å². The molecule has 1 aromatic heterocycles. The minimum absolute atomic E-state index is 0.238. The van der Waals surface area contributed by atoms with Crippen LogP contribution in [0.1, 0.15) is 19.8 Å². The number of anilines is 1. The van der Waals surface area contributed by atoms with Gasteiger partial charge in [-0.3, -0.25) is 0 Å².